The zero-order valence-corrected chi connectivity index (χ0v) is 11.6. The van der Waals surface area contributed by atoms with Gasteiger partial charge in [-0.3, -0.25) is 0 Å². The maximum absolute atomic E-state index is 13.9. The van der Waals surface area contributed by atoms with Gasteiger partial charge in [-0.25, -0.2) is 4.39 Å². The average Bonchev–Trinajstić information content (AvgIpc) is 2.16. The van der Waals surface area contributed by atoms with Crippen molar-refractivity contribution in [3.63, 3.8) is 0 Å². The normalized spacial score (nSPS) is 30.3. The molecule has 0 aromatic carbocycles. The van der Waals surface area contributed by atoms with Gasteiger partial charge in [0.25, 0.3) is 5.67 Å². The summed E-state index contributed by atoms with van der Waals surface area (Å²) in [6.07, 6.45) is -1.86. The van der Waals surface area contributed by atoms with Crippen molar-refractivity contribution < 1.29 is 39.5 Å². The highest BCUT2D eigenvalue weighted by Crippen LogP contribution is 2.70. The molecule has 0 aromatic heterocycles. The lowest BCUT2D eigenvalue weighted by molar-refractivity contribution is -0.303. The molecule has 19 heavy (non-hydrogen) atoms. The van der Waals surface area contributed by atoms with E-state index < -0.39 is 39.2 Å². The molecule has 0 nitrogen and oxygen atoms in total. The van der Waals surface area contributed by atoms with E-state index in [2.05, 4.69) is 0 Å². The Hall–Kier alpha value is 0.1000. The molecule has 0 aromatic rings. The van der Waals surface area contributed by atoms with Crippen LogP contribution in [0.1, 0.15) is 20.3 Å². The molecule has 114 valence electrons. The first-order valence-corrected chi connectivity index (χ1v) is 5.93. The van der Waals surface area contributed by atoms with E-state index in [0.717, 1.165) is 13.8 Å². The maximum Gasteiger partial charge on any atom is 0.381 e. The van der Waals surface area contributed by atoms with Gasteiger partial charge in [0.2, 0.25) is 0 Å². The molecular weight excluding hydrogens is 406 g/mol. The van der Waals surface area contributed by atoms with E-state index >= 15 is 0 Å². The van der Waals surface area contributed by atoms with Gasteiger partial charge in [0.1, 0.15) is 0 Å². The first kappa shape index (κ1) is 17.2. The molecular formula is C9H8F9I. The quantitative estimate of drug-likeness (QED) is 0.344. The number of alkyl halides is 10. The minimum absolute atomic E-state index is 0.982. The topological polar surface area (TPSA) is 0 Å². The Balaban J connectivity index is 3.56. The van der Waals surface area contributed by atoms with Crippen LogP contribution >= 0.6 is 22.6 Å². The monoisotopic (exact) mass is 414 g/mol. The van der Waals surface area contributed by atoms with Crippen LogP contribution in [0.4, 0.5) is 39.5 Å². The lowest BCUT2D eigenvalue weighted by Gasteiger charge is -2.34. The Morgan fingerprint density at radius 1 is 0.684 bits per heavy atom. The van der Waals surface area contributed by atoms with Crippen LogP contribution in [0, 0.1) is 0 Å². The van der Waals surface area contributed by atoms with Gasteiger partial charge in [0.05, 0.1) is 0 Å². The molecule has 1 saturated carbocycles. The van der Waals surface area contributed by atoms with E-state index in [0.29, 0.717) is 0 Å². The minimum Gasteiger partial charge on any atom is -0.230 e. The third-order valence-electron chi connectivity index (χ3n) is 2.84. The van der Waals surface area contributed by atoms with Gasteiger partial charge >= 0.3 is 23.7 Å². The zero-order chi connectivity index (χ0) is 15.7. The maximum atomic E-state index is 13.9. The molecule has 0 unspecified atom stereocenters. The molecule has 0 bridgehead atoms. The van der Waals surface area contributed by atoms with Crippen LogP contribution in [0.3, 0.4) is 0 Å². The largest absolute Gasteiger partial charge is 0.381 e. The predicted molar refractivity (Wildman–Crippen MR) is 56.3 cm³/mol. The summed E-state index contributed by atoms with van der Waals surface area (Å²) in [5.41, 5.74) is -5.34. The minimum atomic E-state index is -6.47. The van der Waals surface area contributed by atoms with E-state index in [-0.39, 0.29) is 0 Å². The van der Waals surface area contributed by atoms with Crippen molar-refractivity contribution >= 4 is 22.6 Å². The van der Waals surface area contributed by atoms with Crippen LogP contribution in [0.5, 0.6) is 0 Å². The first-order chi connectivity index (χ1) is 7.96. The average molecular weight is 414 g/mol. The first-order valence-electron chi connectivity index (χ1n) is 4.85. The summed E-state index contributed by atoms with van der Waals surface area (Å²) in [5, 5.41) is 0. The molecule has 0 radical (unpaired) electrons. The molecule has 1 aliphatic carbocycles. The summed E-state index contributed by atoms with van der Waals surface area (Å²) < 4.78 is 116. The van der Waals surface area contributed by atoms with Crippen LogP contribution in [-0.4, -0.2) is 32.8 Å². The summed E-state index contributed by atoms with van der Waals surface area (Å²) in [7, 11) is 0. The number of halogens is 10. The second kappa shape index (κ2) is 3.85. The summed E-state index contributed by atoms with van der Waals surface area (Å²) in [4.78, 5) is 0. The fraction of sp³-hybridized carbons (Fsp3) is 1.00. The van der Waals surface area contributed by atoms with Crippen LogP contribution in [0.15, 0.2) is 0 Å². The molecule has 0 heterocycles. The Kier molecular flexibility index (Phi) is 3.47. The Labute approximate surface area is 115 Å². The Morgan fingerprint density at radius 3 is 1.16 bits per heavy atom. The molecule has 10 heteroatoms. The van der Waals surface area contributed by atoms with E-state index in [9.17, 15) is 39.5 Å². The van der Waals surface area contributed by atoms with Crippen LogP contribution in [-0.2, 0) is 0 Å². The highest BCUT2D eigenvalue weighted by molar-refractivity contribution is 14.1. The third-order valence-corrected chi connectivity index (χ3v) is 3.22. The van der Waals surface area contributed by atoms with Crippen molar-refractivity contribution in [3.05, 3.63) is 0 Å². The number of hydrogen-bond acceptors (Lipinski definition) is 0. The van der Waals surface area contributed by atoms with Crippen molar-refractivity contribution in [2.45, 2.75) is 53.0 Å². The van der Waals surface area contributed by atoms with Gasteiger partial charge in [0, 0.05) is 9.84 Å². The van der Waals surface area contributed by atoms with Crippen LogP contribution in [0.2, 0.25) is 0 Å². The molecule has 1 rings (SSSR count). The van der Waals surface area contributed by atoms with Crippen molar-refractivity contribution in [2.75, 3.05) is 0 Å². The van der Waals surface area contributed by atoms with Crippen molar-refractivity contribution in [1.82, 2.24) is 0 Å². The molecule has 0 amide bonds. The smallest absolute Gasteiger partial charge is 0.230 e. The Morgan fingerprint density at radius 2 is 0.947 bits per heavy atom. The summed E-state index contributed by atoms with van der Waals surface area (Å²) in [5.74, 6) is -25.3. The van der Waals surface area contributed by atoms with Crippen LogP contribution in [0.25, 0.3) is 0 Å². The lowest BCUT2D eigenvalue weighted by atomic mass is 9.87. The zero-order valence-electron chi connectivity index (χ0n) is 9.49. The molecule has 0 aliphatic heterocycles. The fourth-order valence-electron chi connectivity index (χ4n) is 1.89. The van der Waals surface area contributed by atoms with Gasteiger partial charge in [-0.1, -0.05) is 36.4 Å². The third kappa shape index (κ3) is 1.80. The van der Waals surface area contributed by atoms with Crippen molar-refractivity contribution in [1.29, 1.82) is 0 Å². The van der Waals surface area contributed by atoms with Gasteiger partial charge in [-0.05, 0) is 0 Å². The highest BCUT2D eigenvalue weighted by atomic mass is 127. The standard InChI is InChI=1S/C9H8F9I/c1-4(2,19)3-5(10)6(11,12)8(15,16)9(17,18)7(5,13)14/h3H2,1-2H3. The molecule has 0 N–H and O–H groups in total. The summed E-state index contributed by atoms with van der Waals surface area (Å²) in [6.45, 7) is 1.96. The lowest BCUT2D eigenvalue weighted by Crippen LogP contribution is -2.56. The second-order valence-electron chi connectivity index (χ2n) is 4.99. The number of rotatable bonds is 2. The van der Waals surface area contributed by atoms with Crippen LogP contribution < -0.4 is 0 Å². The predicted octanol–water partition coefficient (Wildman–Crippen LogP) is 4.85. The van der Waals surface area contributed by atoms with E-state index in [1.807, 2.05) is 0 Å². The van der Waals surface area contributed by atoms with Crippen molar-refractivity contribution in [2.24, 2.45) is 0 Å². The summed E-state index contributed by atoms with van der Waals surface area (Å²) >= 11 is 1.24. The number of hydrogen-bond donors (Lipinski definition) is 0. The van der Waals surface area contributed by atoms with Gasteiger partial charge in [-0.15, -0.1) is 0 Å². The Bertz CT molecular complexity index is 356. The van der Waals surface area contributed by atoms with Gasteiger partial charge in [0.15, 0.2) is 0 Å². The van der Waals surface area contributed by atoms with Gasteiger partial charge in [-0.2, -0.15) is 35.1 Å². The molecule has 0 spiro atoms. The highest BCUT2D eigenvalue weighted by Gasteiger charge is 3.00. The SMILES string of the molecule is CC(C)(I)CC1(F)C(F)(F)C(F)(F)C(F)(F)C1(F)F. The van der Waals surface area contributed by atoms with E-state index in [1.54, 1.807) is 0 Å². The van der Waals surface area contributed by atoms with E-state index in [4.69, 9.17) is 0 Å². The fourth-order valence-corrected chi connectivity index (χ4v) is 2.42. The molecule has 1 aliphatic rings. The van der Waals surface area contributed by atoms with Crippen molar-refractivity contribution in [3.8, 4) is 0 Å². The summed E-state index contributed by atoms with van der Waals surface area (Å²) in [6, 6.07) is 0. The second-order valence-corrected chi connectivity index (χ2v) is 7.91. The molecule has 0 atom stereocenters. The molecule has 1 fully saturated rings. The van der Waals surface area contributed by atoms with Gasteiger partial charge < -0.3 is 0 Å². The molecule has 0 saturated heterocycles. The van der Waals surface area contributed by atoms with E-state index in [1.165, 1.54) is 22.6 Å².